The lowest BCUT2D eigenvalue weighted by molar-refractivity contribution is -0.147. The Bertz CT molecular complexity index is 1350. The molecule has 3 fully saturated rings. The molecule has 2 aliphatic carbocycles. The fraction of sp³-hybridized carbons (Fsp3) is 0.647. The highest BCUT2D eigenvalue weighted by Crippen LogP contribution is 2.65. The van der Waals surface area contributed by atoms with Crippen LogP contribution < -0.4 is 21.7 Å². The first-order valence-electron chi connectivity index (χ1n) is 16.2. The number of rotatable bonds is 13. The van der Waals surface area contributed by atoms with E-state index in [1.54, 1.807) is 20.8 Å². The van der Waals surface area contributed by atoms with E-state index in [1.165, 1.54) is 4.90 Å². The molecule has 0 spiro atoms. The van der Waals surface area contributed by atoms with Gasteiger partial charge in [0.25, 0.3) is 5.91 Å². The number of nitrogens with one attached hydrogen (secondary N) is 3. The Balaban J connectivity index is 1.48. The van der Waals surface area contributed by atoms with Crippen LogP contribution in [0.4, 0.5) is 4.79 Å². The SMILES string of the molecule is CC(C)CC(NC(=O)N[C@H](C(=O)N1C[C@H]2[C@@H]([C@H]1C(=O)NC(C(=O)C(N)=O)C1CC1)C2(C)C)C(C)(C)C)C(=O)OCc1ccccc1. The fourth-order valence-corrected chi connectivity index (χ4v) is 6.69. The minimum atomic E-state index is -1.11. The number of ketones is 1. The predicted molar refractivity (Wildman–Crippen MR) is 170 cm³/mol. The van der Waals surface area contributed by atoms with Crippen LogP contribution in [-0.2, 0) is 35.3 Å². The van der Waals surface area contributed by atoms with Gasteiger partial charge in [0.2, 0.25) is 17.6 Å². The molecule has 5 amide bonds. The molecule has 3 aliphatic rings. The van der Waals surface area contributed by atoms with E-state index in [0.29, 0.717) is 25.8 Å². The maximum absolute atomic E-state index is 14.2. The molecule has 6 atom stereocenters. The molecule has 4 rings (SSSR count). The molecular weight excluding hydrogens is 590 g/mol. The van der Waals surface area contributed by atoms with Crippen molar-refractivity contribution >= 4 is 35.5 Å². The number of amides is 5. The number of piperidine rings is 1. The Labute approximate surface area is 270 Å². The number of esters is 1. The third-order valence-corrected chi connectivity index (χ3v) is 9.59. The van der Waals surface area contributed by atoms with E-state index in [-0.39, 0.29) is 35.7 Å². The first-order valence-corrected chi connectivity index (χ1v) is 16.2. The van der Waals surface area contributed by atoms with Crippen molar-refractivity contribution < 1.29 is 33.5 Å². The number of fused-ring (bicyclic) bond motifs is 1. The lowest BCUT2D eigenvalue weighted by Gasteiger charge is -2.38. The van der Waals surface area contributed by atoms with Gasteiger partial charge in [-0.1, -0.05) is 78.8 Å². The lowest BCUT2D eigenvalue weighted by atomic mass is 9.85. The molecule has 46 heavy (non-hydrogen) atoms. The molecule has 1 aliphatic heterocycles. The molecule has 12 heteroatoms. The summed E-state index contributed by atoms with van der Waals surface area (Å²) in [5.74, 6) is -3.67. The summed E-state index contributed by atoms with van der Waals surface area (Å²) in [5.41, 5.74) is 5.11. The van der Waals surface area contributed by atoms with E-state index in [0.717, 1.165) is 5.56 Å². The van der Waals surface area contributed by atoms with Crippen molar-refractivity contribution in [3.05, 3.63) is 35.9 Å². The van der Waals surface area contributed by atoms with E-state index in [2.05, 4.69) is 16.0 Å². The van der Waals surface area contributed by atoms with Gasteiger partial charge >= 0.3 is 12.0 Å². The number of hydrogen-bond donors (Lipinski definition) is 4. The maximum atomic E-state index is 14.2. The number of urea groups is 1. The zero-order valence-corrected chi connectivity index (χ0v) is 27.9. The van der Waals surface area contributed by atoms with Gasteiger partial charge in [-0.3, -0.25) is 19.2 Å². The molecule has 0 radical (unpaired) electrons. The highest BCUT2D eigenvalue weighted by molar-refractivity contribution is 6.38. The molecule has 0 aromatic heterocycles. The minimum absolute atomic E-state index is 0.0580. The second-order valence-electron chi connectivity index (χ2n) is 15.1. The van der Waals surface area contributed by atoms with Crippen LogP contribution >= 0.6 is 0 Å². The molecule has 1 saturated heterocycles. The number of ether oxygens (including phenoxy) is 1. The van der Waals surface area contributed by atoms with Crippen LogP contribution in [0.15, 0.2) is 30.3 Å². The summed E-state index contributed by atoms with van der Waals surface area (Å²) >= 11 is 0. The molecule has 0 bridgehead atoms. The molecule has 1 aromatic rings. The van der Waals surface area contributed by atoms with Gasteiger partial charge in [-0.05, 0) is 59.3 Å². The van der Waals surface area contributed by atoms with E-state index in [9.17, 15) is 28.8 Å². The normalized spacial score (nSPS) is 23.4. The third-order valence-electron chi connectivity index (χ3n) is 9.59. The van der Waals surface area contributed by atoms with Crippen molar-refractivity contribution in [2.45, 2.75) is 98.5 Å². The smallest absolute Gasteiger partial charge is 0.329 e. The number of carbonyl (C=O) groups is 6. The minimum Gasteiger partial charge on any atom is -0.459 e. The van der Waals surface area contributed by atoms with E-state index < -0.39 is 65.1 Å². The molecule has 1 heterocycles. The molecular formula is C34H49N5O7. The highest BCUT2D eigenvalue weighted by Gasteiger charge is 2.70. The highest BCUT2D eigenvalue weighted by atomic mass is 16.5. The summed E-state index contributed by atoms with van der Waals surface area (Å²) in [7, 11) is 0. The summed E-state index contributed by atoms with van der Waals surface area (Å²) in [4.78, 5) is 80.1. The number of Topliss-reactive ketones (excluding diaryl/α,β-unsaturated/α-hetero) is 1. The van der Waals surface area contributed by atoms with Crippen molar-refractivity contribution in [1.29, 1.82) is 0 Å². The average Bonchev–Trinajstić information content (AvgIpc) is 3.85. The van der Waals surface area contributed by atoms with Gasteiger partial charge in [0.05, 0.1) is 0 Å². The Kier molecular flexibility index (Phi) is 10.2. The van der Waals surface area contributed by atoms with Gasteiger partial charge in [0.15, 0.2) is 0 Å². The van der Waals surface area contributed by atoms with E-state index in [4.69, 9.17) is 10.5 Å². The van der Waals surface area contributed by atoms with Crippen LogP contribution in [0.1, 0.15) is 73.3 Å². The van der Waals surface area contributed by atoms with Gasteiger partial charge < -0.3 is 31.3 Å². The van der Waals surface area contributed by atoms with Crippen LogP contribution in [0.5, 0.6) is 0 Å². The molecule has 12 nitrogen and oxygen atoms in total. The summed E-state index contributed by atoms with van der Waals surface area (Å²) in [6.45, 7) is 13.7. The van der Waals surface area contributed by atoms with Crippen LogP contribution in [0.2, 0.25) is 0 Å². The van der Waals surface area contributed by atoms with Gasteiger partial charge in [-0.25, -0.2) is 9.59 Å². The van der Waals surface area contributed by atoms with Crippen molar-refractivity contribution in [3.8, 4) is 0 Å². The number of primary amides is 1. The number of hydrogen-bond acceptors (Lipinski definition) is 7. The predicted octanol–water partition coefficient (Wildman–Crippen LogP) is 2.29. The standard InChI is InChI=1S/C34H49N5O7/c1-18(2)15-22(31(44)46-17-19-11-9-8-10-12-19)36-32(45)38-27(33(3,4)5)30(43)39-16-21-23(34(21,6)7)25(39)29(42)37-24(20-13-14-20)26(40)28(35)41/h8-12,18,20-25,27H,13-17H2,1-7H3,(H2,35,41)(H,37,42)(H2,36,38,45)/t21-,22?,23-,24?,25-,27+/m0/s1. The number of likely N-dealkylation sites (tertiary alicyclic amines) is 1. The Morgan fingerprint density at radius 2 is 1.63 bits per heavy atom. The van der Waals surface area contributed by atoms with Crippen LogP contribution in [-0.4, -0.2) is 71.1 Å². The van der Waals surface area contributed by atoms with Crippen LogP contribution in [0, 0.1) is 34.5 Å². The monoisotopic (exact) mass is 639 g/mol. The number of nitrogens with zero attached hydrogens (tertiary/aromatic N) is 1. The third kappa shape index (κ3) is 7.87. The van der Waals surface area contributed by atoms with Crippen LogP contribution in [0.3, 0.4) is 0 Å². The largest absolute Gasteiger partial charge is 0.459 e. The first-order chi connectivity index (χ1) is 21.4. The maximum Gasteiger partial charge on any atom is 0.329 e. The topological polar surface area (TPSA) is 177 Å². The Morgan fingerprint density at radius 1 is 1.00 bits per heavy atom. The van der Waals surface area contributed by atoms with Crippen molar-refractivity contribution in [2.24, 2.45) is 40.2 Å². The number of nitrogens with two attached hydrogens (primary N) is 1. The van der Waals surface area contributed by atoms with E-state index in [1.807, 2.05) is 58.0 Å². The van der Waals surface area contributed by atoms with Crippen LogP contribution in [0.25, 0.3) is 0 Å². The van der Waals surface area contributed by atoms with Crippen molar-refractivity contribution in [1.82, 2.24) is 20.9 Å². The first kappa shape index (κ1) is 34.9. The quantitative estimate of drug-likeness (QED) is 0.189. The number of carbonyl (C=O) groups excluding carboxylic acids is 6. The van der Waals surface area contributed by atoms with Gasteiger partial charge in [-0.2, -0.15) is 0 Å². The van der Waals surface area contributed by atoms with Crippen molar-refractivity contribution in [2.75, 3.05) is 6.54 Å². The average molecular weight is 640 g/mol. The van der Waals surface area contributed by atoms with Crippen molar-refractivity contribution in [3.63, 3.8) is 0 Å². The zero-order chi connectivity index (χ0) is 34.1. The lowest BCUT2D eigenvalue weighted by Crippen LogP contribution is -2.62. The summed E-state index contributed by atoms with van der Waals surface area (Å²) in [6, 6.07) is 4.62. The molecule has 5 N–H and O–H groups in total. The summed E-state index contributed by atoms with van der Waals surface area (Å²) in [6.07, 6.45) is 1.71. The van der Waals surface area contributed by atoms with Gasteiger partial charge in [-0.15, -0.1) is 0 Å². The Hall–Kier alpha value is -3.96. The molecule has 1 aromatic carbocycles. The second kappa shape index (κ2) is 13.4. The molecule has 252 valence electrons. The van der Waals surface area contributed by atoms with Gasteiger partial charge in [0.1, 0.15) is 30.8 Å². The zero-order valence-electron chi connectivity index (χ0n) is 27.9. The van der Waals surface area contributed by atoms with E-state index >= 15 is 0 Å². The Morgan fingerprint density at radius 3 is 2.17 bits per heavy atom. The number of benzene rings is 1. The molecule has 2 unspecified atom stereocenters. The van der Waals surface area contributed by atoms with Gasteiger partial charge in [0, 0.05) is 6.54 Å². The second-order valence-corrected chi connectivity index (χ2v) is 15.1. The summed E-state index contributed by atoms with van der Waals surface area (Å²) < 4.78 is 5.50. The summed E-state index contributed by atoms with van der Waals surface area (Å²) in [5, 5.41) is 8.24. The fourth-order valence-electron chi connectivity index (χ4n) is 6.69. The molecule has 2 saturated carbocycles.